The molecule has 2 N–H and O–H groups in total. The minimum absolute atomic E-state index is 0.0961. The molecule has 0 fully saturated rings. The maximum atomic E-state index is 13.8. The van der Waals surface area contributed by atoms with Gasteiger partial charge in [0.1, 0.15) is 17.5 Å². The predicted octanol–water partition coefficient (Wildman–Crippen LogP) is 4.17. The lowest BCUT2D eigenvalue weighted by atomic mass is 9.86. The number of benzene rings is 2. The third-order valence-corrected chi connectivity index (χ3v) is 3.33. The summed E-state index contributed by atoms with van der Waals surface area (Å²) in [6, 6.07) is 7.30. The topological polar surface area (TPSA) is 26.0 Å². The van der Waals surface area contributed by atoms with Gasteiger partial charge in [0.05, 0.1) is 0 Å². The molecule has 0 aliphatic rings. The summed E-state index contributed by atoms with van der Waals surface area (Å²) in [5.41, 5.74) is 5.59. The normalized spacial score (nSPS) is 14.1. The summed E-state index contributed by atoms with van der Waals surface area (Å²) in [6.07, 6.45) is 0.0961. The van der Waals surface area contributed by atoms with Crippen LogP contribution >= 0.6 is 11.6 Å². The fourth-order valence-electron chi connectivity index (χ4n) is 2.05. The smallest absolute Gasteiger partial charge is 0.127 e. The fourth-order valence-corrected chi connectivity index (χ4v) is 2.21. The summed E-state index contributed by atoms with van der Waals surface area (Å²) in [5.74, 6) is -1.92. The molecule has 0 saturated carbocycles. The fraction of sp³-hybridized carbons (Fsp3) is 0.200. The first-order valence-corrected chi connectivity index (χ1v) is 6.35. The molecule has 5 heteroatoms. The van der Waals surface area contributed by atoms with E-state index in [0.29, 0.717) is 5.56 Å². The highest BCUT2D eigenvalue weighted by molar-refractivity contribution is 6.30. The standard InChI is InChI=1S/C15H13ClF3N/c1-15(20,10-4-12(17)7-13(18)5-10)8-9-2-3-11(16)6-14(9)19/h2-7H,8,20H2,1H3. The lowest BCUT2D eigenvalue weighted by Crippen LogP contribution is -2.36. The number of hydrogen-bond donors (Lipinski definition) is 1. The average molecular weight is 300 g/mol. The van der Waals surface area contributed by atoms with Crippen molar-refractivity contribution in [3.63, 3.8) is 0 Å². The van der Waals surface area contributed by atoms with Crippen molar-refractivity contribution in [2.75, 3.05) is 0 Å². The maximum absolute atomic E-state index is 13.8. The zero-order chi connectivity index (χ0) is 14.9. The van der Waals surface area contributed by atoms with E-state index >= 15 is 0 Å². The van der Waals surface area contributed by atoms with Crippen LogP contribution in [-0.4, -0.2) is 0 Å². The second-order valence-electron chi connectivity index (χ2n) is 4.99. The van der Waals surface area contributed by atoms with Crippen molar-refractivity contribution in [2.24, 2.45) is 5.73 Å². The van der Waals surface area contributed by atoms with Crippen molar-refractivity contribution in [3.8, 4) is 0 Å². The van der Waals surface area contributed by atoms with Gasteiger partial charge in [-0.25, -0.2) is 13.2 Å². The van der Waals surface area contributed by atoms with Gasteiger partial charge in [0.25, 0.3) is 0 Å². The zero-order valence-corrected chi connectivity index (χ0v) is 11.5. The molecule has 0 aromatic heterocycles. The molecule has 0 heterocycles. The Morgan fingerprint density at radius 3 is 2.20 bits per heavy atom. The van der Waals surface area contributed by atoms with E-state index in [1.165, 1.54) is 12.1 Å². The van der Waals surface area contributed by atoms with E-state index in [1.807, 2.05) is 0 Å². The van der Waals surface area contributed by atoms with Gasteiger partial charge in [0, 0.05) is 16.6 Å². The van der Waals surface area contributed by atoms with Crippen LogP contribution < -0.4 is 5.73 Å². The molecule has 0 radical (unpaired) electrons. The minimum Gasteiger partial charge on any atom is -0.321 e. The molecule has 2 rings (SSSR count). The van der Waals surface area contributed by atoms with Crippen LogP contribution in [0.25, 0.3) is 0 Å². The summed E-state index contributed by atoms with van der Waals surface area (Å²) < 4.78 is 40.3. The largest absolute Gasteiger partial charge is 0.321 e. The van der Waals surface area contributed by atoms with Crippen molar-refractivity contribution >= 4 is 11.6 Å². The Hall–Kier alpha value is -1.52. The van der Waals surface area contributed by atoms with E-state index < -0.39 is 23.0 Å². The zero-order valence-electron chi connectivity index (χ0n) is 10.8. The first-order valence-electron chi connectivity index (χ1n) is 5.97. The molecular weight excluding hydrogens is 287 g/mol. The molecule has 0 spiro atoms. The van der Waals surface area contributed by atoms with Gasteiger partial charge in [-0.05, 0) is 48.7 Å². The van der Waals surface area contributed by atoms with E-state index in [4.69, 9.17) is 17.3 Å². The monoisotopic (exact) mass is 299 g/mol. The third-order valence-electron chi connectivity index (χ3n) is 3.09. The maximum Gasteiger partial charge on any atom is 0.127 e. The van der Waals surface area contributed by atoms with Gasteiger partial charge in [-0.2, -0.15) is 0 Å². The van der Waals surface area contributed by atoms with Crippen LogP contribution in [-0.2, 0) is 12.0 Å². The van der Waals surface area contributed by atoms with Crippen molar-refractivity contribution in [1.29, 1.82) is 0 Å². The number of rotatable bonds is 3. The van der Waals surface area contributed by atoms with E-state index in [1.54, 1.807) is 13.0 Å². The van der Waals surface area contributed by atoms with E-state index in [9.17, 15) is 13.2 Å². The number of halogens is 4. The van der Waals surface area contributed by atoms with Crippen LogP contribution in [0.3, 0.4) is 0 Å². The molecule has 20 heavy (non-hydrogen) atoms. The predicted molar refractivity (Wildman–Crippen MR) is 73.0 cm³/mol. The molecule has 0 saturated heterocycles. The molecule has 1 unspecified atom stereocenters. The summed E-state index contributed by atoms with van der Waals surface area (Å²) in [5, 5.41) is 0.279. The molecule has 0 aliphatic carbocycles. The van der Waals surface area contributed by atoms with Crippen molar-refractivity contribution in [1.82, 2.24) is 0 Å². The Bertz CT molecular complexity index is 621. The minimum atomic E-state index is -1.10. The van der Waals surface area contributed by atoms with Crippen LogP contribution in [0.5, 0.6) is 0 Å². The lowest BCUT2D eigenvalue weighted by molar-refractivity contribution is 0.465. The number of hydrogen-bond acceptors (Lipinski definition) is 1. The highest BCUT2D eigenvalue weighted by Crippen LogP contribution is 2.26. The molecule has 2 aromatic carbocycles. The Balaban J connectivity index is 2.34. The van der Waals surface area contributed by atoms with Gasteiger partial charge in [-0.1, -0.05) is 17.7 Å². The SMILES string of the molecule is CC(N)(Cc1ccc(Cl)cc1F)c1cc(F)cc(F)c1. The summed E-state index contributed by atoms with van der Waals surface area (Å²) in [7, 11) is 0. The Kier molecular flexibility index (Phi) is 4.06. The van der Waals surface area contributed by atoms with Gasteiger partial charge >= 0.3 is 0 Å². The first-order chi connectivity index (χ1) is 9.28. The molecule has 1 nitrogen and oxygen atoms in total. The van der Waals surface area contributed by atoms with Gasteiger partial charge in [0.15, 0.2) is 0 Å². The quantitative estimate of drug-likeness (QED) is 0.904. The second-order valence-corrected chi connectivity index (χ2v) is 5.42. The first kappa shape index (κ1) is 14.9. The van der Waals surface area contributed by atoms with E-state index in [2.05, 4.69) is 0 Å². The molecule has 2 aromatic rings. The van der Waals surface area contributed by atoms with Crippen molar-refractivity contribution in [2.45, 2.75) is 18.9 Å². The van der Waals surface area contributed by atoms with E-state index in [-0.39, 0.29) is 17.0 Å². The Morgan fingerprint density at radius 2 is 1.65 bits per heavy atom. The molecule has 106 valence electrons. The summed E-state index contributed by atoms with van der Waals surface area (Å²) in [4.78, 5) is 0. The molecule has 0 bridgehead atoms. The van der Waals surface area contributed by atoms with Crippen molar-refractivity contribution in [3.05, 3.63) is 70.0 Å². The summed E-state index contributed by atoms with van der Waals surface area (Å²) >= 11 is 5.68. The Morgan fingerprint density at radius 1 is 1.05 bits per heavy atom. The van der Waals surface area contributed by atoms with E-state index in [0.717, 1.165) is 18.2 Å². The molecule has 0 aliphatic heterocycles. The van der Waals surface area contributed by atoms with Gasteiger partial charge in [-0.3, -0.25) is 0 Å². The highest BCUT2D eigenvalue weighted by atomic mass is 35.5. The molecular formula is C15H13ClF3N. The van der Waals surface area contributed by atoms with Crippen LogP contribution in [0.4, 0.5) is 13.2 Å². The van der Waals surface area contributed by atoms with Crippen LogP contribution in [0.1, 0.15) is 18.1 Å². The lowest BCUT2D eigenvalue weighted by Gasteiger charge is -2.26. The van der Waals surface area contributed by atoms with Gasteiger partial charge in [0.2, 0.25) is 0 Å². The Labute approximate surface area is 120 Å². The molecule has 1 atom stereocenters. The van der Waals surface area contributed by atoms with Gasteiger partial charge in [-0.15, -0.1) is 0 Å². The van der Waals surface area contributed by atoms with Crippen molar-refractivity contribution < 1.29 is 13.2 Å². The third kappa shape index (κ3) is 3.32. The molecule has 0 amide bonds. The highest BCUT2D eigenvalue weighted by Gasteiger charge is 2.24. The summed E-state index contributed by atoms with van der Waals surface area (Å²) in [6.45, 7) is 1.59. The van der Waals surface area contributed by atoms with Gasteiger partial charge < -0.3 is 5.73 Å². The number of nitrogens with two attached hydrogens (primary N) is 1. The average Bonchev–Trinajstić information content (AvgIpc) is 2.31. The van der Waals surface area contributed by atoms with Crippen LogP contribution in [0, 0.1) is 17.5 Å². The van der Waals surface area contributed by atoms with Crippen LogP contribution in [0.15, 0.2) is 36.4 Å². The van der Waals surface area contributed by atoms with Crippen LogP contribution in [0.2, 0.25) is 5.02 Å². The second kappa shape index (κ2) is 5.46.